The lowest BCUT2D eigenvalue weighted by Crippen LogP contribution is -2.56. The number of hydrogen-bond acceptors (Lipinski definition) is 6. The predicted molar refractivity (Wildman–Crippen MR) is 136 cm³/mol. The third kappa shape index (κ3) is 7.47. The Kier molecular flexibility index (Phi) is 9.94. The molecule has 0 aromatic heterocycles. The van der Waals surface area contributed by atoms with Gasteiger partial charge in [-0.3, -0.25) is 19.2 Å². The number of carbonyl (C=O) groups excluding carboxylic acids is 4. The van der Waals surface area contributed by atoms with Crippen molar-refractivity contribution < 1.29 is 37.5 Å². The standard InChI is InChI=1S/C26H36F3N5O5/c1-3-21(35)32-20(23(37)34-12-10-33(2)11-13-34)15-17-6-7-19(18(27)14-17)31-22(36)16-30-24(38)26(28,29)25(39)8-4-5-9-25/h6-7,14,20,39H,3-5,8-13,15-16H2,1-2H3,(H,30,38)(H,31,36)(H,32,35). The van der Waals surface area contributed by atoms with Crippen LogP contribution in [-0.2, 0) is 25.6 Å². The molecule has 0 radical (unpaired) electrons. The van der Waals surface area contributed by atoms with Gasteiger partial charge >= 0.3 is 5.92 Å². The molecule has 1 unspecified atom stereocenters. The summed E-state index contributed by atoms with van der Waals surface area (Å²) in [6.07, 6.45) is 0.488. The van der Waals surface area contributed by atoms with Gasteiger partial charge in [0.1, 0.15) is 17.5 Å². The Hall–Kier alpha value is -3.19. The van der Waals surface area contributed by atoms with Gasteiger partial charge in [0.2, 0.25) is 17.7 Å². The van der Waals surface area contributed by atoms with E-state index in [9.17, 15) is 37.5 Å². The van der Waals surface area contributed by atoms with E-state index in [1.165, 1.54) is 12.1 Å². The lowest BCUT2D eigenvalue weighted by molar-refractivity contribution is -0.190. The Morgan fingerprint density at radius 3 is 2.31 bits per heavy atom. The van der Waals surface area contributed by atoms with Gasteiger partial charge in [0.25, 0.3) is 5.91 Å². The minimum Gasteiger partial charge on any atom is -0.383 e. The van der Waals surface area contributed by atoms with Crippen LogP contribution in [-0.4, -0.2) is 95.9 Å². The van der Waals surface area contributed by atoms with Gasteiger partial charge in [0.15, 0.2) is 0 Å². The predicted octanol–water partition coefficient (Wildman–Crippen LogP) is 1.03. The highest BCUT2D eigenvalue weighted by Gasteiger charge is 2.59. The van der Waals surface area contributed by atoms with Crippen molar-refractivity contribution in [1.82, 2.24) is 20.4 Å². The van der Waals surface area contributed by atoms with Crippen LogP contribution in [0.4, 0.5) is 18.9 Å². The maximum absolute atomic E-state index is 14.8. The molecule has 0 spiro atoms. The number of halogens is 3. The molecule has 1 aromatic carbocycles. The van der Waals surface area contributed by atoms with Crippen LogP contribution in [0, 0.1) is 5.82 Å². The summed E-state index contributed by atoms with van der Waals surface area (Å²) in [6.45, 7) is 3.22. The monoisotopic (exact) mass is 555 g/mol. The molecule has 10 nitrogen and oxygen atoms in total. The summed E-state index contributed by atoms with van der Waals surface area (Å²) < 4.78 is 43.6. The average Bonchev–Trinajstić information content (AvgIpc) is 3.36. The molecule has 39 heavy (non-hydrogen) atoms. The highest BCUT2D eigenvalue weighted by molar-refractivity contribution is 5.96. The number of amides is 4. The second-order valence-electron chi connectivity index (χ2n) is 10.2. The molecule has 13 heteroatoms. The van der Waals surface area contributed by atoms with Gasteiger partial charge < -0.3 is 30.9 Å². The first kappa shape index (κ1) is 30.4. The van der Waals surface area contributed by atoms with Crippen molar-refractivity contribution in [2.24, 2.45) is 0 Å². The van der Waals surface area contributed by atoms with E-state index in [1.54, 1.807) is 17.1 Å². The summed E-state index contributed by atoms with van der Waals surface area (Å²) in [4.78, 5) is 53.1. The largest absolute Gasteiger partial charge is 0.383 e. The summed E-state index contributed by atoms with van der Waals surface area (Å²) in [5, 5.41) is 16.8. The molecular formula is C26H36F3N5O5. The van der Waals surface area contributed by atoms with Crippen LogP contribution < -0.4 is 16.0 Å². The number of aliphatic hydroxyl groups is 1. The van der Waals surface area contributed by atoms with E-state index < -0.39 is 41.7 Å². The fourth-order valence-corrected chi connectivity index (χ4v) is 4.72. The van der Waals surface area contributed by atoms with Gasteiger partial charge in [-0.15, -0.1) is 0 Å². The number of nitrogens with one attached hydrogen (secondary N) is 3. The summed E-state index contributed by atoms with van der Waals surface area (Å²) >= 11 is 0. The number of carbonyl (C=O) groups is 4. The zero-order valence-corrected chi connectivity index (χ0v) is 22.2. The van der Waals surface area contributed by atoms with E-state index in [0.29, 0.717) is 44.6 Å². The summed E-state index contributed by atoms with van der Waals surface area (Å²) in [5.74, 6) is -8.21. The zero-order valence-electron chi connectivity index (χ0n) is 22.2. The van der Waals surface area contributed by atoms with Crippen LogP contribution in [0.25, 0.3) is 0 Å². The van der Waals surface area contributed by atoms with Gasteiger partial charge in [-0.25, -0.2) is 4.39 Å². The Labute approximate surface area is 225 Å². The Balaban J connectivity index is 1.60. The second-order valence-corrected chi connectivity index (χ2v) is 10.2. The maximum atomic E-state index is 14.8. The molecule has 0 bridgehead atoms. The average molecular weight is 556 g/mol. The van der Waals surface area contributed by atoms with Crippen LogP contribution in [0.3, 0.4) is 0 Å². The first-order valence-electron chi connectivity index (χ1n) is 13.1. The number of hydrogen-bond donors (Lipinski definition) is 4. The van der Waals surface area contributed by atoms with Gasteiger partial charge in [0.05, 0.1) is 12.2 Å². The fourth-order valence-electron chi connectivity index (χ4n) is 4.72. The highest BCUT2D eigenvalue weighted by atomic mass is 19.3. The van der Waals surface area contributed by atoms with Gasteiger partial charge in [0, 0.05) is 39.0 Å². The van der Waals surface area contributed by atoms with Crippen molar-refractivity contribution in [3.8, 4) is 0 Å². The molecule has 1 saturated carbocycles. The number of rotatable bonds is 10. The lowest BCUT2D eigenvalue weighted by Gasteiger charge is -2.34. The highest BCUT2D eigenvalue weighted by Crippen LogP contribution is 2.42. The summed E-state index contributed by atoms with van der Waals surface area (Å²) in [7, 11) is 1.95. The Morgan fingerprint density at radius 2 is 1.72 bits per heavy atom. The molecule has 1 heterocycles. The zero-order chi connectivity index (χ0) is 28.8. The second kappa shape index (κ2) is 12.8. The smallest absolute Gasteiger partial charge is 0.352 e. The maximum Gasteiger partial charge on any atom is 0.352 e. The van der Waals surface area contributed by atoms with Crippen LogP contribution in [0.2, 0.25) is 0 Å². The molecule has 4 amide bonds. The molecule has 2 aliphatic rings. The SMILES string of the molecule is CCC(=O)NC(Cc1ccc(NC(=O)CNC(=O)C(F)(F)C2(O)CCCC2)c(F)c1)C(=O)N1CCN(C)CC1. The molecule has 2 fully saturated rings. The first-order chi connectivity index (χ1) is 18.4. The van der Waals surface area contributed by atoms with Crippen molar-refractivity contribution >= 4 is 29.3 Å². The molecule has 1 saturated heterocycles. The fraction of sp³-hybridized carbons (Fsp3) is 0.615. The van der Waals surface area contributed by atoms with Crippen LogP contribution >= 0.6 is 0 Å². The molecule has 1 aliphatic carbocycles. The molecule has 1 atom stereocenters. The Bertz CT molecular complexity index is 1070. The number of likely N-dealkylation sites (N-methyl/N-ethyl adjacent to an activating group) is 1. The van der Waals surface area contributed by atoms with Gasteiger partial charge in [-0.1, -0.05) is 25.8 Å². The van der Waals surface area contributed by atoms with Crippen molar-refractivity contribution in [1.29, 1.82) is 0 Å². The van der Waals surface area contributed by atoms with Crippen LogP contribution in [0.5, 0.6) is 0 Å². The molecule has 216 valence electrons. The number of nitrogens with zero attached hydrogens (tertiary/aromatic N) is 2. The molecule has 1 aliphatic heterocycles. The number of anilines is 1. The van der Waals surface area contributed by atoms with E-state index in [2.05, 4.69) is 15.5 Å². The molecular weight excluding hydrogens is 519 g/mol. The van der Waals surface area contributed by atoms with E-state index >= 15 is 0 Å². The molecule has 4 N–H and O–H groups in total. The minimum absolute atomic E-state index is 0.0239. The summed E-state index contributed by atoms with van der Waals surface area (Å²) in [6, 6.07) is 2.94. The normalized spacial score (nSPS) is 18.4. The number of piperazine rings is 1. The topological polar surface area (TPSA) is 131 Å². The molecule has 1 aromatic rings. The van der Waals surface area contributed by atoms with Crippen molar-refractivity contribution in [3.63, 3.8) is 0 Å². The quantitative estimate of drug-likeness (QED) is 0.341. The van der Waals surface area contributed by atoms with Gasteiger partial charge in [-0.2, -0.15) is 8.78 Å². The van der Waals surface area contributed by atoms with Crippen molar-refractivity contribution in [2.45, 2.75) is 63.0 Å². The number of benzene rings is 1. The lowest BCUT2D eigenvalue weighted by atomic mass is 9.93. The van der Waals surface area contributed by atoms with Crippen molar-refractivity contribution in [3.05, 3.63) is 29.6 Å². The minimum atomic E-state index is -4.07. The Morgan fingerprint density at radius 1 is 1.08 bits per heavy atom. The van der Waals surface area contributed by atoms with E-state index in [1.807, 2.05) is 7.05 Å². The third-order valence-electron chi connectivity index (χ3n) is 7.23. The first-order valence-corrected chi connectivity index (χ1v) is 13.1. The van der Waals surface area contributed by atoms with Crippen molar-refractivity contribution in [2.75, 3.05) is 45.1 Å². The number of alkyl halides is 2. The van der Waals surface area contributed by atoms with E-state index in [0.717, 1.165) is 6.07 Å². The van der Waals surface area contributed by atoms with Crippen LogP contribution in [0.1, 0.15) is 44.6 Å². The van der Waals surface area contributed by atoms with E-state index in [4.69, 9.17) is 0 Å². The third-order valence-corrected chi connectivity index (χ3v) is 7.23. The summed E-state index contributed by atoms with van der Waals surface area (Å²) in [5.41, 5.74) is -2.30. The van der Waals surface area contributed by atoms with E-state index in [-0.39, 0.29) is 43.2 Å². The molecule has 3 rings (SSSR count). The van der Waals surface area contributed by atoms with Gasteiger partial charge in [-0.05, 0) is 37.6 Å². The van der Waals surface area contributed by atoms with Crippen LogP contribution in [0.15, 0.2) is 18.2 Å².